The van der Waals surface area contributed by atoms with Crippen LogP contribution in [-0.4, -0.2) is 123 Å². The average Bonchev–Trinajstić information content (AvgIpc) is 3.05. The molecule has 2 amide bonds. The number of cyclic esters (lactones) is 1. The third-order valence-corrected chi connectivity index (χ3v) is 9.67. The number of likely N-dealkylation sites (N-methyl/N-ethyl adjacent to an activating group) is 1. The molecule has 2 heterocycles. The van der Waals surface area contributed by atoms with Crippen LogP contribution in [0.4, 0.5) is 0 Å². The van der Waals surface area contributed by atoms with Crippen LogP contribution in [0.25, 0.3) is 0 Å². The van der Waals surface area contributed by atoms with Gasteiger partial charge in [0.2, 0.25) is 11.8 Å². The van der Waals surface area contributed by atoms with Gasteiger partial charge in [0.25, 0.3) is 0 Å². The van der Waals surface area contributed by atoms with Gasteiger partial charge in [0, 0.05) is 19.9 Å². The second kappa shape index (κ2) is 18.9. The average molecular weight is 681 g/mol. The number of aliphatic hydroxyl groups is 5. The molecule has 272 valence electrons. The number of amides is 2. The van der Waals surface area contributed by atoms with E-state index in [-0.39, 0.29) is 37.2 Å². The molecule has 1 aromatic carbocycles. The quantitative estimate of drug-likeness (QED) is 0.129. The fraction of sp³-hybridized carbons (Fsp3) is 0.743. The van der Waals surface area contributed by atoms with Crippen LogP contribution in [0.1, 0.15) is 78.2 Å². The van der Waals surface area contributed by atoms with E-state index < -0.39 is 79.4 Å². The topological polar surface area (TPSA) is 195 Å². The van der Waals surface area contributed by atoms with E-state index in [1.54, 1.807) is 14.0 Å². The van der Waals surface area contributed by atoms with E-state index in [1.807, 2.05) is 51.1 Å². The van der Waals surface area contributed by atoms with Gasteiger partial charge in [-0.05, 0) is 37.2 Å². The lowest BCUT2D eigenvalue weighted by Crippen LogP contribution is -2.59. The van der Waals surface area contributed by atoms with Crippen molar-refractivity contribution in [3.05, 3.63) is 35.9 Å². The largest absolute Gasteiger partial charge is 0.460 e. The highest BCUT2D eigenvalue weighted by Crippen LogP contribution is 2.27. The first-order valence-electron chi connectivity index (χ1n) is 17.2. The molecule has 0 aromatic heterocycles. The second-order valence-corrected chi connectivity index (χ2v) is 13.6. The van der Waals surface area contributed by atoms with E-state index in [1.165, 1.54) is 4.90 Å². The first-order chi connectivity index (χ1) is 22.8. The molecule has 13 nitrogen and oxygen atoms in total. The van der Waals surface area contributed by atoms with Crippen LogP contribution in [-0.2, 0) is 35.0 Å². The van der Waals surface area contributed by atoms with E-state index in [9.17, 15) is 39.9 Å². The number of nitrogens with zero attached hydrogens (tertiary/aromatic N) is 1. The lowest BCUT2D eigenvalue weighted by atomic mass is 9.91. The van der Waals surface area contributed by atoms with Gasteiger partial charge in [0.1, 0.15) is 42.6 Å². The maximum absolute atomic E-state index is 13.8. The maximum Gasteiger partial charge on any atom is 0.329 e. The Hall–Kier alpha value is -2.65. The van der Waals surface area contributed by atoms with Crippen LogP contribution in [0, 0.1) is 11.8 Å². The molecule has 2 aliphatic heterocycles. The third kappa shape index (κ3) is 10.9. The lowest BCUT2D eigenvalue weighted by molar-refractivity contribution is -0.310. The predicted molar refractivity (Wildman–Crippen MR) is 175 cm³/mol. The van der Waals surface area contributed by atoms with Crippen LogP contribution in [0.3, 0.4) is 0 Å². The molecule has 0 aliphatic carbocycles. The molecule has 0 saturated carbocycles. The molecule has 3 rings (SSSR count). The van der Waals surface area contributed by atoms with Crippen LogP contribution in [0.2, 0.25) is 0 Å². The van der Waals surface area contributed by atoms with Crippen molar-refractivity contribution in [1.82, 2.24) is 10.2 Å². The summed E-state index contributed by atoms with van der Waals surface area (Å²) in [4.78, 5) is 42.0. The van der Waals surface area contributed by atoms with Gasteiger partial charge in [-0.2, -0.15) is 0 Å². The van der Waals surface area contributed by atoms with Gasteiger partial charge in [-0.1, -0.05) is 70.4 Å². The Morgan fingerprint density at radius 3 is 2.27 bits per heavy atom. The first kappa shape index (κ1) is 39.8. The number of benzene rings is 1. The fourth-order valence-electron chi connectivity index (χ4n) is 6.42. The number of carbonyl (C=O) groups excluding carboxylic acids is 3. The molecule has 12 atom stereocenters. The minimum Gasteiger partial charge on any atom is -0.460 e. The second-order valence-electron chi connectivity index (χ2n) is 13.6. The van der Waals surface area contributed by atoms with Gasteiger partial charge in [0.15, 0.2) is 6.29 Å². The Morgan fingerprint density at radius 1 is 0.958 bits per heavy atom. The summed E-state index contributed by atoms with van der Waals surface area (Å²) in [6.45, 7) is 6.99. The van der Waals surface area contributed by atoms with E-state index >= 15 is 0 Å². The molecule has 12 unspecified atom stereocenters. The molecule has 0 spiro atoms. The molecule has 2 saturated heterocycles. The van der Waals surface area contributed by atoms with Crippen molar-refractivity contribution in [1.29, 1.82) is 0 Å². The summed E-state index contributed by atoms with van der Waals surface area (Å²) in [7, 11) is 1.57. The van der Waals surface area contributed by atoms with Crippen LogP contribution < -0.4 is 5.32 Å². The van der Waals surface area contributed by atoms with E-state index in [0.29, 0.717) is 32.1 Å². The summed E-state index contributed by atoms with van der Waals surface area (Å²) in [6.07, 6.45) is -5.60. The Morgan fingerprint density at radius 2 is 1.62 bits per heavy atom. The summed E-state index contributed by atoms with van der Waals surface area (Å²) in [6, 6.07) is 7.49. The number of esters is 1. The highest BCUT2D eigenvalue weighted by molar-refractivity contribution is 5.91. The van der Waals surface area contributed by atoms with Crippen molar-refractivity contribution in [2.45, 2.75) is 140 Å². The number of hydrogen-bond acceptors (Lipinski definition) is 11. The van der Waals surface area contributed by atoms with Gasteiger partial charge in [-0.25, -0.2) is 4.79 Å². The predicted octanol–water partition coefficient (Wildman–Crippen LogP) is 1.06. The highest BCUT2D eigenvalue weighted by Gasteiger charge is 2.44. The van der Waals surface area contributed by atoms with Crippen molar-refractivity contribution in [3.8, 4) is 0 Å². The molecule has 0 radical (unpaired) electrons. The SMILES string of the molecule is CCC(C)C1C(=O)OC(C(C)CCCCC(C)OC2OC(CO)C(O)C(O)C2O)CC(O)CC(=O)NC(Cc2ccccc2)C(=O)N1C. The van der Waals surface area contributed by atoms with Gasteiger partial charge in [-0.15, -0.1) is 0 Å². The van der Waals surface area contributed by atoms with Crippen LogP contribution in [0.15, 0.2) is 30.3 Å². The van der Waals surface area contributed by atoms with Crippen molar-refractivity contribution >= 4 is 17.8 Å². The number of aliphatic hydroxyl groups excluding tert-OH is 5. The number of carbonyl (C=O) groups is 3. The zero-order chi connectivity index (χ0) is 35.5. The molecular weight excluding hydrogens is 624 g/mol. The normalized spacial score (nSPS) is 32.8. The molecule has 48 heavy (non-hydrogen) atoms. The number of nitrogens with one attached hydrogen (secondary N) is 1. The number of hydrogen-bond donors (Lipinski definition) is 6. The van der Waals surface area contributed by atoms with Crippen molar-refractivity contribution in [2.24, 2.45) is 11.8 Å². The minimum atomic E-state index is -1.52. The maximum atomic E-state index is 13.8. The zero-order valence-corrected chi connectivity index (χ0v) is 28.8. The Bertz CT molecular complexity index is 1150. The Labute approximate surface area is 283 Å². The summed E-state index contributed by atoms with van der Waals surface area (Å²) >= 11 is 0. The first-order valence-corrected chi connectivity index (χ1v) is 17.2. The molecule has 0 bridgehead atoms. The van der Waals surface area contributed by atoms with Gasteiger partial charge in [0.05, 0.1) is 25.2 Å². The fourth-order valence-corrected chi connectivity index (χ4v) is 6.42. The van der Waals surface area contributed by atoms with E-state index in [4.69, 9.17) is 14.2 Å². The van der Waals surface area contributed by atoms with Crippen molar-refractivity contribution in [2.75, 3.05) is 13.7 Å². The minimum absolute atomic E-state index is 0.0607. The van der Waals surface area contributed by atoms with Crippen LogP contribution >= 0.6 is 0 Å². The Balaban J connectivity index is 1.65. The van der Waals surface area contributed by atoms with Gasteiger partial charge < -0.3 is 50.0 Å². The number of unbranched alkanes of at least 4 members (excludes halogenated alkanes) is 1. The van der Waals surface area contributed by atoms with Crippen molar-refractivity contribution < 1.29 is 54.1 Å². The lowest BCUT2D eigenvalue weighted by Gasteiger charge is -2.40. The summed E-state index contributed by atoms with van der Waals surface area (Å²) in [5, 5.41) is 53.4. The highest BCUT2D eigenvalue weighted by atomic mass is 16.7. The third-order valence-electron chi connectivity index (χ3n) is 9.67. The standard InChI is InChI=1S/C35H56N2O11/c1-6-20(2)29-34(45)47-26(17-24(39)18-28(40)36-25(33(44)37(29)5)16-23-14-8-7-9-15-23)21(3)12-10-11-13-22(4)46-35-32(43)31(42)30(41)27(19-38)48-35/h7-9,14-15,20-22,24-27,29-32,35,38-39,41-43H,6,10-13,16-19H2,1-5H3,(H,36,40). The molecule has 13 heteroatoms. The molecule has 1 aromatic rings. The summed E-state index contributed by atoms with van der Waals surface area (Å²) in [5.74, 6) is -1.82. The number of ether oxygens (including phenoxy) is 3. The van der Waals surface area contributed by atoms with E-state index in [2.05, 4.69) is 5.32 Å². The summed E-state index contributed by atoms with van der Waals surface area (Å²) in [5.41, 5.74) is 0.851. The molecule has 2 fully saturated rings. The van der Waals surface area contributed by atoms with Crippen LogP contribution in [0.5, 0.6) is 0 Å². The van der Waals surface area contributed by atoms with Crippen molar-refractivity contribution in [3.63, 3.8) is 0 Å². The molecule has 2 aliphatic rings. The van der Waals surface area contributed by atoms with E-state index in [0.717, 1.165) is 5.56 Å². The summed E-state index contributed by atoms with van der Waals surface area (Å²) < 4.78 is 17.3. The smallest absolute Gasteiger partial charge is 0.329 e. The monoisotopic (exact) mass is 680 g/mol. The Kier molecular flexibility index (Phi) is 15.7. The van der Waals surface area contributed by atoms with Gasteiger partial charge >= 0.3 is 5.97 Å². The molecular formula is C35H56N2O11. The number of rotatable bonds is 13. The zero-order valence-electron chi connectivity index (χ0n) is 28.8. The molecule has 6 N–H and O–H groups in total. The van der Waals surface area contributed by atoms with Gasteiger partial charge in [-0.3, -0.25) is 9.59 Å².